The summed E-state index contributed by atoms with van der Waals surface area (Å²) in [5.41, 5.74) is 6.83. The molecular weight excluding hydrogens is 234 g/mol. The van der Waals surface area contributed by atoms with Crippen LogP contribution in [0.3, 0.4) is 0 Å². The molecule has 0 fully saturated rings. The molecule has 0 aliphatic heterocycles. The molecule has 0 aliphatic carbocycles. The maximum Gasteiger partial charge on any atom is 0.139 e. The van der Waals surface area contributed by atoms with Gasteiger partial charge in [-0.25, -0.2) is 0 Å². The number of ether oxygens (including phenoxy) is 1. The Labute approximate surface area is 112 Å². The van der Waals surface area contributed by atoms with Gasteiger partial charge in [0.15, 0.2) is 0 Å². The Morgan fingerprint density at radius 3 is 2.32 bits per heavy atom. The van der Waals surface area contributed by atoms with Gasteiger partial charge in [-0.1, -0.05) is 54.6 Å². The summed E-state index contributed by atoms with van der Waals surface area (Å²) >= 11 is 0. The van der Waals surface area contributed by atoms with Gasteiger partial charge in [0.2, 0.25) is 0 Å². The summed E-state index contributed by atoms with van der Waals surface area (Å²) < 4.78 is 6.03. The van der Waals surface area contributed by atoms with E-state index in [1.54, 1.807) is 0 Å². The molecule has 0 heterocycles. The predicted molar refractivity (Wildman–Crippen MR) is 78.4 cm³/mol. The second-order valence-electron chi connectivity index (χ2n) is 4.39. The molecule has 0 bridgehead atoms. The normalized spacial score (nSPS) is 10.6. The van der Waals surface area contributed by atoms with Crippen LogP contribution in [-0.2, 0) is 6.54 Å². The number of para-hydroxylation sites is 1. The van der Waals surface area contributed by atoms with E-state index in [0.717, 1.165) is 27.8 Å². The number of fused-ring (bicyclic) bond motifs is 1. The molecule has 3 aromatic rings. The van der Waals surface area contributed by atoms with E-state index in [2.05, 4.69) is 18.2 Å². The molecule has 0 aromatic heterocycles. The quantitative estimate of drug-likeness (QED) is 0.758. The van der Waals surface area contributed by atoms with E-state index >= 15 is 0 Å². The first-order valence-electron chi connectivity index (χ1n) is 6.32. The van der Waals surface area contributed by atoms with Crippen molar-refractivity contribution in [1.29, 1.82) is 0 Å². The van der Waals surface area contributed by atoms with Crippen LogP contribution in [0.25, 0.3) is 10.8 Å². The molecule has 94 valence electrons. The lowest BCUT2D eigenvalue weighted by molar-refractivity contribution is 0.482. The number of benzene rings is 3. The summed E-state index contributed by atoms with van der Waals surface area (Å²) in [4.78, 5) is 0. The molecule has 0 aliphatic rings. The van der Waals surface area contributed by atoms with Crippen molar-refractivity contribution in [2.24, 2.45) is 5.73 Å². The van der Waals surface area contributed by atoms with Crippen molar-refractivity contribution < 1.29 is 4.74 Å². The van der Waals surface area contributed by atoms with E-state index in [-0.39, 0.29) is 0 Å². The van der Waals surface area contributed by atoms with Gasteiger partial charge in [0, 0.05) is 17.5 Å². The molecule has 2 N–H and O–H groups in total. The first-order valence-corrected chi connectivity index (χ1v) is 6.32. The Balaban J connectivity index is 2.15. The summed E-state index contributed by atoms with van der Waals surface area (Å²) in [6.45, 7) is 0.465. The molecule has 0 atom stereocenters. The predicted octanol–water partition coefficient (Wildman–Crippen LogP) is 4.09. The largest absolute Gasteiger partial charge is 0.456 e. The molecule has 0 saturated heterocycles. The minimum absolute atomic E-state index is 0.465. The van der Waals surface area contributed by atoms with Crippen LogP contribution in [0.5, 0.6) is 11.5 Å². The molecule has 0 saturated carbocycles. The molecular formula is C17H15NO. The van der Waals surface area contributed by atoms with Gasteiger partial charge < -0.3 is 10.5 Å². The van der Waals surface area contributed by atoms with Crippen LogP contribution >= 0.6 is 0 Å². The monoisotopic (exact) mass is 249 g/mol. The van der Waals surface area contributed by atoms with E-state index in [1.165, 1.54) is 0 Å². The zero-order chi connectivity index (χ0) is 13.1. The lowest BCUT2D eigenvalue weighted by atomic mass is 10.1. The highest BCUT2D eigenvalue weighted by atomic mass is 16.5. The van der Waals surface area contributed by atoms with Gasteiger partial charge in [-0.05, 0) is 17.5 Å². The topological polar surface area (TPSA) is 35.2 Å². The molecule has 0 radical (unpaired) electrons. The van der Waals surface area contributed by atoms with Crippen LogP contribution < -0.4 is 10.5 Å². The highest BCUT2D eigenvalue weighted by Gasteiger charge is 2.08. The Hall–Kier alpha value is -2.32. The summed E-state index contributed by atoms with van der Waals surface area (Å²) in [6, 6.07) is 22.1. The minimum atomic E-state index is 0.465. The van der Waals surface area contributed by atoms with Crippen LogP contribution in [0.1, 0.15) is 5.56 Å². The van der Waals surface area contributed by atoms with Crippen molar-refractivity contribution in [2.45, 2.75) is 6.54 Å². The fourth-order valence-corrected chi connectivity index (χ4v) is 2.18. The fraction of sp³-hybridized carbons (Fsp3) is 0.0588. The Bertz CT molecular complexity index is 692. The first kappa shape index (κ1) is 11.8. The molecule has 0 spiro atoms. The van der Waals surface area contributed by atoms with Crippen molar-refractivity contribution >= 4 is 10.8 Å². The van der Waals surface area contributed by atoms with Crippen molar-refractivity contribution in [3.05, 3.63) is 72.3 Å². The van der Waals surface area contributed by atoms with Gasteiger partial charge >= 0.3 is 0 Å². The lowest BCUT2D eigenvalue weighted by Gasteiger charge is -2.13. The fourth-order valence-electron chi connectivity index (χ4n) is 2.18. The standard InChI is InChI=1S/C17H15NO/c18-12-14-11-10-13-6-4-5-9-16(13)17(14)19-15-7-2-1-3-8-15/h1-11H,12,18H2. The van der Waals surface area contributed by atoms with Gasteiger partial charge in [0.25, 0.3) is 0 Å². The molecule has 3 rings (SSSR count). The third kappa shape index (κ3) is 2.30. The second kappa shape index (κ2) is 5.12. The molecule has 19 heavy (non-hydrogen) atoms. The van der Waals surface area contributed by atoms with E-state index in [0.29, 0.717) is 6.54 Å². The van der Waals surface area contributed by atoms with Crippen LogP contribution in [0.2, 0.25) is 0 Å². The van der Waals surface area contributed by atoms with Gasteiger partial charge in [-0.2, -0.15) is 0 Å². The summed E-state index contributed by atoms with van der Waals surface area (Å²) in [5, 5.41) is 2.25. The zero-order valence-corrected chi connectivity index (χ0v) is 10.5. The lowest BCUT2D eigenvalue weighted by Crippen LogP contribution is -2.00. The van der Waals surface area contributed by atoms with Crippen molar-refractivity contribution in [2.75, 3.05) is 0 Å². The van der Waals surface area contributed by atoms with E-state index in [4.69, 9.17) is 10.5 Å². The van der Waals surface area contributed by atoms with Gasteiger partial charge in [0.1, 0.15) is 11.5 Å². The highest BCUT2D eigenvalue weighted by molar-refractivity contribution is 5.89. The maximum absolute atomic E-state index is 6.03. The maximum atomic E-state index is 6.03. The van der Waals surface area contributed by atoms with Gasteiger partial charge in [0.05, 0.1) is 0 Å². The zero-order valence-electron chi connectivity index (χ0n) is 10.5. The Kier molecular flexibility index (Phi) is 3.17. The second-order valence-corrected chi connectivity index (χ2v) is 4.39. The summed E-state index contributed by atoms with van der Waals surface area (Å²) in [5.74, 6) is 1.68. The van der Waals surface area contributed by atoms with Crippen molar-refractivity contribution in [3.63, 3.8) is 0 Å². The summed E-state index contributed by atoms with van der Waals surface area (Å²) in [7, 11) is 0. The van der Waals surface area contributed by atoms with Crippen molar-refractivity contribution in [3.8, 4) is 11.5 Å². The number of hydrogen-bond acceptors (Lipinski definition) is 2. The number of rotatable bonds is 3. The van der Waals surface area contributed by atoms with Gasteiger partial charge in [-0.15, -0.1) is 0 Å². The van der Waals surface area contributed by atoms with Crippen molar-refractivity contribution in [1.82, 2.24) is 0 Å². The third-order valence-electron chi connectivity index (χ3n) is 3.14. The smallest absolute Gasteiger partial charge is 0.139 e. The first-order chi connectivity index (χ1) is 9.38. The average molecular weight is 249 g/mol. The Morgan fingerprint density at radius 1 is 0.789 bits per heavy atom. The van der Waals surface area contributed by atoms with Crippen LogP contribution in [0, 0.1) is 0 Å². The molecule has 2 nitrogen and oxygen atoms in total. The van der Waals surface area contributed by atoms with Gasteiger partial charge in [-0.3, -0.25) is 0 Å². The Morgan fingerprint density at radius 2 is 1.53 bits per heavy atom. The van der Waals surface area contributed by atoms with Crippen LogP contribution in [0.15, 0.2) is 66.7 Å². The average Bonchev–Trinajstić information content (AvgIpc) is 2.49. The molecule has 3 aromatic carbocycles. The number of hydrogen-bond donors (Lipinski definition) is 1. The molecule has 0 unspecified atom stereocenters. The molecule has 2 heteroatoms. The third-order valence-corrected chi connectivity index (χ3v) is 3.14. The summed E-state index contributed by atoms with van der Waals surface area (Å²) in [6.07, 6.45) is 0. The van der Waals surface area contributed by atoms with E-state index in [9.17, 15) is 0 Å². The van der Waals surface area contributed by atoms with Crippen LogP contribution in [-0.4, -0.2) is 0 Å². The SMILES string of the molecule is NCc1ccc2ccccc2c1Oc1ccccc1. The highest BCUT2D eigenvalue weighted by Crippen LogP contribution is 2.33. The minimum Gasteiger partial charge on any atom is -0.456 e. The molecule has 0 amide bonds. The van der Waals surface area contributed by atoms with E-state index in [1.807, 2.05) is 48.5 Å². The van der Waals surface area contributed by atoms with E-state index < -0.39 is 0 Å². The van der Waals surface area contributed by atoms with Crippen LogP contribution in [0.4, 0.5) is 0 Å². The number of nitrogens with two attached hydrogens (primary N) is 1.